The maximum absolute atomic E-state index is 12.3. The molecule has 0 amide bonds. The fraction of sp³-hybridized carbons (Fsp3) is 0.600. The Kier molecular flexibility index (Phi) is 5.57. The van der Waals surface area contributed by atoms with Gasteiger partial charge in [-0.05, 0) is 56.1 Å². The van der Waals surface area contributed by atoms with Gasteiger partial charge in [0.15, 0.2) is 0 Å². The van der Waals surface area contributed by atoms with Gasteiger partial charge in [0.05, 0.1) is 0 Å². The molecule has 1 saturated heterocycles. The average Bonchev–Trinajstić information content (AvgIpc) is 2.38. The highest BCUT2D eigenvalue weighted by atomic mass is 32.2. The number of hydrogen-bond donors (Lipinski definition) is 1. The topological polar surface area (TPSA) is 15.3 Å². The van der Waals surface area contributed by atoms with Crippen LogP contribution in [-0.2, 0) is 6.54 Å². The van der Waals surface area contributed by atoms with Gasteiger partial charge < -0.3 is 0 Å². The predicted octanol–water partition coefficient (Wildman–Crippen LogP) is 4.57. The monoisotopic (exact) mass is 318 g/mol. The zero-order chi connectivity index (χ0) is 15.5. The lowest BCUT2D eigenvalue weighted by molar-refractivity contribution is -0.0328. The maximum Gasteiger partial charge on any atom is 0.446 e. The van der Waals surface area contributed by atoms with E-state index in [2.05, 4.69) is 24.3 Å². The third-order valence-corrected chi connectivity index (χ3v) is 4.56. The van der Waals surface area contributed by atoms with Gasteiger partial charge in [0, 0.05) is 23.5 Å². The fourth-order valence-corrected chi connectivity index (χ4v) is 3.26. The standard InChI is InChI=1S/C15H21F3N2S/c1-11-4-3-5-12(2)20(11)19-10-13-6-8-14(9-7-13)21-15(16,17)18/h6-9,11-12,19H,3-5,10H2,1-2H3. The van der Waals surface area contributed by atoms with Crippen molar-refractivity contribution in [2.24, 2.45) is 0 Å². The van der Waals surface area contributed by atoms with Crippen LogP contribution in [0, 0.1) is 0 Å². The van der Waals surface area contributed by atoms with E-state index in [1.165, 1.54) is 31.4 Å². The summed E-state index contributed by atoms with van der Waals surface area (Å²) in [6.07, 6.45) is 3.61. The number of thioether (sulfide) groups is 1. The quantitative estimate of drug-likeness (QED) is 0.819. The first-order valence-electron chi connectivity index (χ1n) is 7.21. The van der Waals surface area contributed by atoms with Crippen LogP contribution in [0.2, 0.25) is 0 Å². The van der Waals surface area contributed by atoms with E-state index in [0.29, 0.717) is 18.6 Å². The van der Waals surface area contributed by atoms with Crippen LogP contribution in [0.5, 0.6) is 0 Å². The van der Waals surface area contributed by atoms with Crippen molar-refractivity contribution < 1.29 is 13.2 Å². The molecule has 2 atom stereocenters. The lowest BCUT2D eigenvalue weighted by atomic mass is 10.00. The highest BCUT2D eigenvalue weighted by molar-refractivity contribution is 8.00. The first kappa shape index (κ1) is 16.6. The molecule has 1 aliphatic rings. The summed E-state index contributed by atoms with van der Waals surface area (Å²) in [6.45, 7) is 5.04. The number of nitrogens with one attached hydrogen (secondary N) is 1. The summed E-state index contributed by atoms with van der Waals surface area (Å²) < 4.78 is 36.8. The molecule has 0 aromatic heterocycles. The highest BCUT2D eigenvalue weighted by Crippen LogP contribution is 2.36. The molecule has 0 aliphatic carbocycles. The average molecular weight is 318 g/mol. The van der Waals surface area contributed by atoms with Crippen molar-refractivity contribution in [3.63, 3.8) is 0 Å². The summed E-state index contributed by atoms with van der Waals surface area (Å²) in [5, 5.41) is 2.27. The minimum Gasteiger partial charge on any atom is -0.250 e. The summed E-state index contributed by atoms with van der Waals surface area (Å²) in [6, 6.07) is 7.54. The Hall–Kier alpha value is -0.720. The molecule has 1 aromatic rings. The van der Waals surface area contributed by atoms with Crippen LogP contribution in [0.25, 0.3) is 0 Å². The molecule has 2 unspecified atom stereocenters. The Bertz CT molecular complexity index is 437. The minimum atomic E-state index is -4.22. The van der Waals surface area contributed by atoms with Gasteiger partial charge in [-0.3, -0.25) is 5.43 Å². The number of alkyl halides is 3. The van der Waals surface area contributed by atoms with Gasteiger partial charge in [0.1, 0.15) is 0 Å². The molecule has 2 rings (SSSR count). The van der Waals surface area contributed by atoms with E-state index in [0.717, 1.165) is 5.56 Å². The lowest BCUT2D eigenvalue weighted by Crippen LogP contribution is -2.51. The third-order valence-electron chi connectivity index (χ3n) is 3.82. The number of benzene rings is 1. The molecule has 1 N–H and O–H groups in total. The molecule has 0 radical (unpaired) electrons. The Morgan fingerprint density at radius 1 is 1.14 bits per heavy atom. The predicted molar refractivity (Wildman–Crippen MR) is 79.8 cm³/mol. The number of hydrazine groups is 1. The maximum atomic E-state index is 12.3. The summed E-state index contributed by atoms with van der Waals surface area (Å²) in [4.78, 5) is 0.228. The van der Waals surface area contributed by atoms with Gasteiger partial charge in [0.2, 0.25) is 0 Å². The third kappa shape index (κ3) is 5.20. The minimum absolute atomic E-state index is 0.0744. The van der Waals surface area contributed by atoms with Crippen LogP contribution in [0.3, 0.4) is 0 Å². The fourth-order valence-electron chi connectivity index (χ4n) is 2.72. The number of piperidine rings is 1. The molecule has 6 heteroatoms. The number of halogens is 3. The van der Waals surface area contributed by atoms with Gasteiger partial charge in [-0.1, -0.05) is 18.6 Å². The Morgan fingerprint density at radius 2 is 1.71 bits per heavy atom. The van der Waals surface area contributed by atoms with E-state index in [4.69, 9.17) is 0 Å². The van der Waals surface area contributed by atoms with Gasteiger partial charge in [0.25, 0.3) is 0 Å². The van der Waals surface area contributed by atoms with Crippen LogP contribution in [0.4, 0.5) is 13.2 Å². The van der Waals surface area contributed by atoms with E-state index < -0.39 is 5.51 Å². The second-order valence-corrected chi connectivity index (χ2v) is 6.70. The zero-order valence-corrected chi connectivity index (χ0v) is 13.1. The van der Waals surface area contributed by atoms with Crippen molar-refractivity contribution in [3.05, 3.63) is 29.8 Å². The van der Waals surface area contributed by atoms with Crippen LogP contribution in [-0.4, -0.2) is 22.6 Å². The van der Waals surface area contributed by atoms with E-state index in [1.54, 1.807) is 12.1 Å². The molecule has 2 nitrogen and oxygen atoms in total. The first-order chi connectivity index (χ1) is 9.85. The van der Waals surface area contributed by atoms with Gasteiger partial charge in [-0.15, -0.1) is 0 Å². The van der Waals surface area contributed by atoms with Crippen molar-refractivity contribution in [2.45, 2.75) is 62.1 Å². The van der Waals surface area contributed by atoms with Crippen LogP contribution < -0.4 is 5.43 Å². The van der Waals surface area contributed by atoms with Gasteiger partial charge >= 0.3 is 5.51 Å². The molecule has 0 saturated carbocycles. The van der Waals surface area contributed by atoms with Crippen LogP contribution in [0.1, 0.15) is 38.7 Å². The van der Waals surface area contributed by atoms with E-state index >= 15 is 0 Å². The number of rotatable bonds is 4. The Morgan fingerprint density at radius 3 is 2.24 bits per heavy atom. The van der Waals surface area contributed by atoms with Crippen molar-refractivity contribution in [1.82, 2.24) is 10.4 Å². The molecule has 0 spiro atoms. The van der Waals surface area contributed by atoms with Crippen LogP contribution in [0.15, 0.2) is 29.2 Å². The molecule has 1 heterocycles. The molecule has 1 aliphatic heterocycles. The zero-order valence-electron chi connectivity index (χ0n) is 12.3. The molecule has 1 aromatic carbocycles. The number of hydrogen-bond acceptors (Lipinski definition) is 3. The lowest BCUT2D eigenvalue weighted by Gasteiger charge is -2.39. The summed E-state index contributed by atoms with van der Waals surface area (Å²) in [7, 11) is 0. The number of nitrogens with zero attached hydrogens (tertiary/aromatic N) is 1. The first-order valence-corrected chi connectivity index (χ1v) is 8.03. The van der Waals surface area contributed by atoms with Gasteiger partial charge in [-0.2, -0.15) is 13.2 Å². The van der Waals surface area contributed by atoms with Gasteiger partial charge in [-0.25, -0.2) is 5.01 Å². The Balaban J connectivity index is 1.88. The van der Waals surface area contributed by atoms with Crippen molar-refractivity contribution in [3.8, 4) is 0 Å². The molecular weight excluding hydrogens is 297 g/mol. The summed E-state index contributed by atoms with van der Waals surface area (Å²) in [5.74, 6) is 0. The smallest absolute Gasteiger partial charge is 0.250 e. The van der Waals surface area contributed by atoms with Crippen LogP contribution >= 0.6 is 11.8 Å². The largest absolute Gasteiger partial charge is 0.446 e. The second kappa shape index (κ2) is 7.03. The molecular formula is C15H21F3N2S. The van der Waals surface area contributed by atoms with E-state index in [9.17, 15) is 13.2 Å². The summed E-state index contributed by atoms with van der Waals surface area (Å²) in [5.41, 5.74) is 0.178. The summed E-state index contributed by atoms with van der Waals surface area (Å²) >= 11 is -0.0744. The van der Waals surface area contributed by atoms with E-state index in [-0.39, 0.29) is 16.7 Å². The normalized spacial score (nSPS) is 24.2. The van der Waals surface area contributed by atoms with E-state index in [1.807, 2.05) is 0 Å². The molecule has 0 bridgehead atoms. The molecule has 21 heavy (non-hydrogen) atoms. The molecule has 118 valence electrons. The van der Waals surface area contributed by atoms with Crippen molar-refractivity contribution >= 4 is 11.8 Å². The highest BCUT2D eigenvalue weighted by Gasteiger charge is 2.29. The van der Waals surface area contributed by atoms with Crippen molar-refractivity contribution in [1.29, 1.82) is 0 Å². The van der Waals surface area contributed by atoms with Crippen molar-refractivity contribution in [2.75, 3.05) is 0 Å². The SMILES string of the molecule is CC1CCCC(C)N1NCc1ccc(SC(F)(F)F)cc1. The molecule has 1 fully saturated rings. The second-order valence-electron chi connectivity index (χ2n) is 5.56. The Labute approximate surface area is 128 Å².